The van der Waals surface area contributed by atoms with Crippen molar-refractivity contribution in [3.8, 4) is 6.07 Å². The SMILES string of the molecule is CN(C)c1ccc(/C=C(/C#N)C(=O)OCC(=O)N(C)C2CCS(=O)(=O)C2)cc1. The van der Waals surface area contributed by atoms with E-state index in [1.54, 1.807) is 18.2 Å². The molecule has 1 aliphatic heterocycles. The van der Waals surface area contributed by atoms with E-state index in [4.69, 9.17) is 4.74 Å². The van der Waals surface area contributed by atoms with Gasteiger partial charge in [0.1, 0.15) is 11.6 Å². The summed E-state index contributed by atoms with van der Waals surface area (Å²) < 4.78 is 28.0. The number of nitrogens with zero attached hydrogens (tertiary/aromatic N) is 3. The molecule has 1 saturated heterocycles. The molecule has 9 heteroatoms. The first-order valence-corrected chi connectivity index (χ1v) is 10.5. The lowest BCUT2D eigenvalue weighted by atomic mass is 10.1. The van der Waals surface area contributed by atoms with E-state index in [2.05, 4.69) is 0 Å². The number of esters is 1. The van der Waals surface area contributed by atoms with Gasteiger partial charge >= 0.3 is 5.97 Å². The number of likely N-dealkylation sites (N-methyl/N-ethyl adjacent to an activating group) is 1. The number of nitriles is 1. The Hall–Kier alpha value is -2.86. The van der Waals surface area contributed by atoms with Crippen LogP contribution in [0.1, 0.15) is 12.0 Å². The summed E-state index contributed by atoms with van der Waals surface area (Å²) in [6.07, 6.45) is 1.75. The van der Waals surface area contributed by atoms with Crippen LogP contribution < -0.4 is 4.90 Å². The van der Waals surface area contributed by atoms with E-state index >= 15 is 0 Å². The molecule has 1 unspecified atom stereocenters. The molecule has 1 aliphatic rings. The van der Waals surface area contributed by atoms with Gasteiger partial charge in [0.25, 0.3) is 5.91 Å². The molecule has 0 bridgehead atoms. The molecule has 1 heterocycles. The van der Waals surface area contributed by atoms with Crippen LogP contribution in [0.15, 0.2) is 29.8 Å². The van der Waals surface area contributed by atoms with Crippen molar-refractivity contribution in [2.75, 3.05) is 44.2 Å². The van der Waals surface area contributed by atoms with E-state index < -0.39 is 34.4 Å². The Balaban J connectivity index is 1.96. The van der Waals surface area contributed by atoms with Crippen LogP contribution in [-0.2, 0) is 24.2 Å². The average molecular weight is 405 g/mol. The molecular formula is C19H23N3O5S. The fourth-order valence-corrected chi connectivity index (χ4v) is 4.54. The summed E-state index contributed by atoms with van der Waals surface area (Å²) >= 11 is 0. The molecule has 1 aromatic carbocycles. The van der Waals surface area contributed by atoms with Crippen LogP contribution in [0.4, 0.5) is 5.69 Å². The van der Waals surface area contributed by atoms with Gasteiger partial charge in [-0.1, -0.05) is 12.1 Å². The Morgan fingerprint density at radius 1 is 1.25 bits per heavy atom. The van der Waals surface area contributed by atoms with Crippen LogP contribution in [0.25, 0.3) is 6.08 Å². The van der Waals surface area contributed by atoms with E-state index in [0.29, 0.717) is 12.0 Å². The normalized spacial score (nSPS) is 18.2. The number of carbonyl (C=O) groups is 2. The van der Waals surface area contributed by atoms with Gasteiger partial charge in [-0.05, 0) is 30.2 Å². The van der Waals surface area contributed by atoms with Crippen LogP contribution in [0, 0.1) is 11.3 Å². The number of sulfone groups is 1. The van der Waals surface area contributed by atoms with Gasteiger partial charge in [0, 0.05) is 32.9 Å². The molecule has 1 fully saturated rings. The van der Waals surface area contributed by atoms with Crippen molar-refractivity contribution >= 4 is 33.5 Å². The first kappa shape index (κ1) is 21.4. The van der Waals surface area contributed by atoms with Gasteiger partial charge in [-0.25, -0.2) is 13.2 Å². The molecule has 0 aliphatic carbocycles. The van der Waals surface area contributed by atoms with Gasteiger partial charge in [0.05, 0.1) is 11.5 Å². The highest BCUT2D eigenvalue weighted by molar-refractivity contribution is 7.91. The molecule has 1 amide bonds. The van der Waals surface area contributed by atoms with E-state index in [9.17, 15) is 23.3 Å². The lowest BCUT2D eigenvalue weighted by Crippen LogP contribution is -2.40. The van der Waals surface area contributed by atoms with Crippen molar-refractivity contribution in [3.05, 3.63) is 35.4 Å². The average Bonchev–Trinajstić information content (AvgIpc) is 3.03. The minimum absolute atomic E-state index is 0.0446. The van der Waals surface area contributed by atoms with Gasteiger partial charge in [0.2, 0.25) is 0 Å². The zero-order valence-corrected chi connectivity index (χ0v) is 16.9. The summed E-state index contributed by atoms with van der Waals surface area (Å²) in [5.74, 6) is -1.46. The second kappa shape index (κ2) is 8.89. The topological polar surface area (TPSA) is 108 Å². The zero-order valence-electron chi connectivity index (χ0n) is 16.1. The van der Waals surface area contributed by atoms with Gasteiger partial charge in [-0.2, -0.15) is 5.26 Å². The molecule has 8 nitrogen and oxygen atoms in total. The number of hydrogen-bond acceptors (Lipinski definition) is 7. The molecule has 0 radical (unpaired) electrons. The maximum absolute atomic E-state index is 12.2. The molecule has 0 aromatic heterocycles. The van der Waals surface area contributed by atoms with Crippen molar-refractivity contribution in [1.82, 2.24) is 4.90 Å². The lowest BCUT2D eigenvalue weighted by molar-refractivity contribution is -0.148. The summed E-state index contributed by atoms with van der Waals surface area (Å²) in [5.41, 5.74) is 1.40. The highest BCUT2D eigenvalue weighted by Crippen LogP contribution is 2.17. The Bertz CT molecular complexity index is 914. The van der Waals surface area contributed by atoms with Gasteiger partial charge in [-0.15, -0.1) is 0 Å². The molecular weight excluding hydrogens is 382 g/mol. The number of hydrogen-bond donors (Lipinski definition) is 0. The number of rotatable bonds is 6. The minimum Gasteiger partial charge on any atom is -0.451 e. The van der Waals surface area contributed by atoms with Crippen LogP contribution in [0.2, 0.25) is 0 Å². The maximum Gasteiger partial charge on any atom is 0.349 e. The van der Waals surface area contributed by atoms with Gasteiger partial charge < -0.3 is 14.5 Å². The highest BCUT2D eigenvalue weighted by atomic mass is 32.2. The summed E-state index contributed by atoms with van der Waals surface area (Å²) in [5, 5.41) is 9.22. The van der Waals surface area contributed by atoms with Crippen molar-refractivity contribution in [2.45, 2.75) is 12.5 Å². The quantitative estimate of drug-likeness (QED) is 0.392. The van der Waals surface area contributed by atoms with Gasteiger partial charge in [0.15, 0.2) is 16.4 Å². The molecule has 150 valence electrons. The Kier molecular flexibility index (Phi) is 6.80. The first-order valence-electron chi connectivity index (χ1n) is 8.65. The number of carbonyl (C=O) groups excluding carboxylic acids is 2. The summed E-state index contributed by atoms with van der Waals surface area (Å²) in [7, 11) is 2.16. The second-order valence-electron chi connectivity index (χ2n) is 6.79. The van der Waals surface area contributed by atoms with Crippen molar-refractivity contribution in [1.29, 1.82) is 5.26 Å². The molecule has 28 heavy (non-hydrogen) atoms. The predicted octanol–water partition coefficient (Wildman–Crippen LogP) is 0.848. The standard InChI is InChI=1S/C19H23N3O5S/c1-21(2)16-6-4-14(5-7-16)10-15(11-20)19(24)27-12-18(23)22(3)17-8-9-28(25,26)13-17/h4-7,10,17H,8-9,12-13H2,1-3H3/b15-10-. The molecule has 0 saturated carbocycles. The van der Waals surface area contributed by atoms with E-state index in [1.807, 2.05) is 31.1 Å². The molecule has 0 N–H and O–H groups in total. The van der Waals surface area contributed by atoms with Gasteiger partial charge in [-0.3, -0.25) is 4.79 Å². The number of ether oxygens (including phenoxy) is 1. The smallest absolute Gasteiger partial charge is 0.349 e. The fraction of sp³-hybridized carbons (Fsp3) is 0.421. The Labute approximate surface area is 164 Å². The molecule has 1 atom stereocenters. The van der Waals surface area contributed by atoms with Crippen LogP contribution >= 0.6 is 0 Å². The number of amides is 1. The highest BCUT2D eigenvalue weighted by Gasteiger charge is 2.33. The van der Waals surface area contributed by atoms with Crippen LogP contribution in [0.3, 0.4) is 0 Å². The molecule has 0 spiro atoms. The summed E-state index contributed by atoms with van der Waals surface area (Å²) in [6, 6.07) is 8.58. The second-order valence-corrected chi connectivity index (χ2v) is 9.02. The Morgan fingerprint density at radius 2 is 1.89 bits per heavy atom. The van der Waals surface area contributed by atoms with Crippen molar-refractivity contribution in [3.63, 3.8) is 0 Å². The lowest BCUT2D eigenvalue weighted by Gasteiger charge is -2.23. The first-order chi connectivity index (χ1) is 13.1. The van der Waals surface area contributed by atoms with E-state index in [1.165, 1.54) is 18.0 Å². The van der Waals surface area contributed by atoms with Crippen molar-refractivity contribution < 1.29 is 22.7 Å². The fourth-order valence-electron chi connectivity index (χ4n) is 2.76. The summed E-state index contributed by atoms with van der Waals surface area (Å²) in [6.45, 7) is -0.551. The van der Waals surface area contributed by atoms with E-state index in [0.717, 1.165) is 5.69 Å². The van der Waals surface area contributed by atoms with Crippen LogP contribution in [-0.4, -0.2) is 70.5 Å². The summed E-state index contributed by atoms with van der Waals surface area (Å²) in [4.78, 5) is 27.5. The number of benzene rings is 1. The zero-order chi connectivity index (χ0) is 20.9. The van der Waals surface area contributed by atoms with Crippen molar-refractivity contribution in [2.24, 2.45) is 0 Å². The predicted molar refractivity (Wildman–Crippen MR) is 105 cm³/mol. The Morgan fingerprint density at radius 3 is 2.39 bits per heavy atom. The molecule has 2 rings (SSSR count). The van der Waals surface area contributed by atoms with Crippen LogP contribution in [0.5, 0.6) is 0 Å². The number of anilines is 1. The maximum atomic E-state index is 12.2. The third-order valence-corrected chi connectivity index (χ3v) is 6.29. The monoisotopic (exact) mass is 405 g/mol. The third kappa shape index (κ3) is 5.57. The largest absolute Gasteiger partial charge is 0.451 e. The molecule has 1 aromatic rings. The third-order valence-electron chi connectivity index (χ3n) is 4.54. The van der Waals surface area contributed by atoms with E-state index in [-0.39, 0.29) is 17.1 Å². The minimum atomic E-state index is -3.12.